The lowest BCUT2D eigenvalue weighted by Gasteiger charge is -2.26. The van der Waals surface area contributed by atoms with Crippen LogP contribution in [-0.4, -0.2) is 16.8 Å². The van der Waals surface area contributed by atoms with E-state index in [9.17, 15) is 16.8 Å². The van der Waals surface area contributed by atoms with Crippen molar-refractivity contribution in [3.8, 4) is 0 Å². The van der Waals surface area contributed by atoms with Gasteiger partial charge >= 0.3 is 20.2 Å². The molecule has 0 saturated carbocycles. The van der Waals surface area contributed by atoms with E-state index in [2.05, 4.69) is 27.7 Å². The second kappa shape index (κ2) is 11.6. The molecule has 7 heteroatoms. The Hall–Kier alpha value is -1.70. The summed E-state index contributed by atoms with van der Waals surface area (Å²) in [5, 5.41) is 0. The Morgan fingerprint density at radius 3 is 0.919 bits per heavy atom. The summed E-state index contributed by atoms with van der Waals surface area (Å²) in [6.07, 6.45) is 0. The second-order valence-electron chi connectivity index (χ2n) is 11.9. The van der Waals surface area contributed by atoms with E-state index in [1.807, 2.05) is 55.4 Å². The fourth-order valence-electron chi connectivity index (χ4n) is 5.38. The molecule has 0 amide bonds. The lowest BCUT2D eigenvalue weighted by atomic mass is 9.83. The van der Waals surface area contributed by atoms with Crippen molar-refractivity contribution in [2.75, 3.05) is 0 Å². The first-order chi connectivity index (χ1) is 16.8. The van der Waals surface area contributed by atoms with Gasteiger partial charge in [-0.2, -0.15) is 16.8 Å². The molecule has 37 heavy (non-hydrogen) atoms. The molecule has 208 valence electrons. The number of hydrogen-bond acceptors (Lipinski definition) is 5. The van der Waals surface area contributed by atoms with Gasteiger partial charge in [-0.25, -0.2) is 0 Å². The third kappa shape index (κ3) is 6.48. The molecule has 5 nitrogen and oxygen atoms in total. The molecule has 0 heterocycles. The first-order valence-corrected chi connectivity index (χ1v) is 16.2. The molecular weight excluding hydrogens is 504 g/mol. The molecule has 0 unspecified atom stereocenters. The lowest BCUT2D eigenvalue weighted by Crippen LogP contribution is -2.20. The van der Waals surface area contributed by atoms with E-state index in [1.54, 1.807) is 12.1 Å². The quantitative estimate of drug-likeness (QED) is 0.296. The molecule has 2 aromatic rings. The Balaban J connectivity index is 2.82. The summed E-state index contributed by atoms with van der Waals surface area (Å²) in [7, 11) is -9.26. The zero-order valence-electron chi connectivity index (χ0n) is 24.6. The fourth-order valence-corrected chi connectivity index (χ4v) is 8.61. The van der Waals surface area contributed by atoms with Gasteiger partial charge in [0.2, 0.25) is 0 Å². The summed E-state index contributed by atoms with van der Waals surface area (Å²) in [5.41, 5.74) is 5.26. The van der Waals surface area contributed by atoms with E-state index in [4.69, 9.17) is 3.63 Å². The highest BCUT2D eigenvalue weighted by Crippen LogP contribution is 2.41. The summed E-state index contributed by atoms with van der Waals surface area (Å²) in [4.78, 5) is -0.152. The molecule has 0 aliphatic heterocycles. The molecule has 0 aliphatic rings. The Morgan fingerprint density at radius 2 is 0.703 bits per heavy atom. The van der Waals surface area contributed by atoms with Gasteiger partial charge in [0.25, 0.3) is 0 Å². The predicted molar refractivity (Wildman–Crippen MR) is 153 cm³/mol. The number of rotatable bonds is 10. The molecule has 2 aromatic carbocycles. The molecule has 0 spiro atoms. The molecule has 2 rings (SSSR count). The minimum Gasteiger partial charge on any atom is -0.193 e. The van der Waals surface area contributed by atoms with Gasteiger partial charge in [-0.05, 0) is 81.0 Å². The third-order valence-electron chi connectivity index (χ3n) is 6.83. The molecule has 0 saturated heterocycles. The highest BCUT2D eigenvalue weighted by molar-refractivity contribution is 8.00. The predicted octanol–water partition coefficient (Wildman–Crippen LogP) is 8.52. The maximum Gasteiger partial charge on any atom is 0.312 e. The van der Waals surface area contributed by atoms with Crippen molar-refractivity contribution in [3.05, 3.63) is 57.6 Å². The van der Waals surface area contributed by atoms with Crippen molar-refractivity contribution >= 4 is 20.2 Å². The summed E-state index contributed by atoms with van der Waals surface area (Å²) in [5.74, 6) is 0.225. The number of hydrogen-bond donors (Lipinski definition) is 0. The van der Waals surface area contributed by atoms with Crippen LogP contribution in [-0.2, 0) is 23.9 Å². The summed E-state index contributed by atoms with van der Waals surface area (Å²) in [6.45, 7) is 24.1. The zero-order valence-corrected chi connectivity index (χ0v) is 26.3. The molecule has 0 atom stereocenters. The van der Waals surface area contributed by atoms with Crippen molar-refractivity contribution in [1.29, 1.82) is 0 Å². The first-order valence-electron chi connectivity index (χ1n) is 13.4. The van der Waals surface area contributed by atoms with Crippen LogP contribution < -0.4 is 0 Å². The summed E-state index contributed by atoms with van der Waals surface area (Å²) >= 11 is 0. The van der Waals surface area contributed by atoms with Crippen LogP contribution in [0.15, 0.2) is 34.1 Å². The average Bonchev–Trinajstić information content (AvgIpc) is 2.75. The fraction of sp³-hybridized carbons (Fsp3) is 0.600. The maximum atomic E-state index is 13.7. The zero-order chi connectivity index (χ0) is 28.6. The van der Waals surface area contributed by atoms with Crippen LogP contribution in [0.25, 0.3) is 0 Å². The van der Waals surface area contributed by atoms with Gasteiger partial charge in [0, 0.05) is 0 Å². The van der Waals surface area contributed by atoms with Crippen molar-refractivity contribution < 1.29 is 20.5 Å². The molecule has 0 N–H and O–H groups in total. The van der Waals surface area contributed by atoms with Gasteiger partial charge in [0.15, 0.2) is 0 Å². The van der Waals surface area contributed by atoms with Gasteiger partial charge in [0.1, 0.15) is 0 Å². The molecule has 0 bridgehead atoms. The van der Waals surface area contributed by atoms with E-state index in [0.717, 1.165) is 22.3 Å². The van der Waals surface area contributed by atoms with E-state index in [-0.39, 0.29) is 45.3 Å². The van der Waals surface area contributed by atoms with Crippen molar-refractivity contribution in [2.45, 2.75) is 128 Å². The first kappa shape index (κ1) is 31.5. The maximum absolute atomic E-state index is 13.7. The van der Waals surface area contributed by atoms with Crippen LogP contribution in [0.3, 0.4) is 0 Å². The monoisotopic (exact) mass is 550 g/mol. The van der Waals surface area contributed by atoms with E-state index in [0.29, 0.717) is 11.1 Å². The van der Waals surface area contributed by atoms with Gasteiger partial charge in [-0.1, -0.05) is 95.2 Å². The van der Waals surface area contributed by atoms with Gasteiger partial charge in [0.05, 0.1) is 9.79 Å². The minimum absolute atomic E-state index is 0.0614. The Bertz CT molecular complexity index is 1230. The van der Waals surface area contributed by atoms with Gasteiger partial charge in [-0.3, -0.25) is 0 Å². The van der Waals surface area contributed by atoms with Crippen molar-refractivity contribution in [3.63, 3.8) is 0 Å². The molecular formula is C30H46O5S2. The highest BCUT2D eigenvalue weighted by Gasteiger charge is 2.35. The molecule has 0 aromatic heterocycles. The molecule has 0 radical (unpaired) electrons. The average molecular weight is 551 g/mol. The van der Waals surface area contributed by atoms with Crippen molar-refractivity contribution in [2.24, 2.45) is 0 Å². The van der Waals surface area contributed by atoms with E-state index < -0.39 is 20.2 Å². The number of benzene rings is 2. The standard InChI is InChI=1S/C30H46O5S2/c1-17(2)23-13-15-25(29(21(9)10)27(23)19(5)6)36(31,32)35-37(33,34)26-16-14-24(18(3)4)28(20(7)8)30(26)22(11)12/h13-22H,1-12H3. The molecule has 0 aliphatic carbocycles. The van der Waals surface area contributed by atoms with Crippen LogP contribution in [0.5, 0.6) is 0 Å². The SMILES string of the molecule is CC(C)c1ccc(S(=O)(=O)OS(=O)(=O)c2ccc(C(C)C)c(C(C)C)c2C(C)C)c(C(C)C)c1C(C)C. The van der Waals surface area contributed by atoms with Crippen LogP contribution in [0.2, 0.25) is 0 Å². The smallest absolute Gasteiger partial charge is 0.193 e. The second-order valence-corrected chi connectivity index (χ2v) is 15.1. The van der Waals surface area contributed by atoms with Gasteiger partial charge in [-0.15, -0.1) is 3.63 Å². The Morgan fingerprint density at radius 1 is 0.432 bits per heavy atom. The van der Waals surface area contributed by atoms with Crippen LogP contribution in [0, 0.1) is 0 Å². The normalized spacial score (nSPS) is 13.2. The van der Waals surface area contributed by atoms with Crippen LogP contribution in [0.4, 0.5) is 0 Å². The summed E-state index contributed by atoms with van der Waals surface area (Å²) in [6, 6.07) is 6.60. The minimum atomic E-state index is -4.63. The lowest BCUT2D eigenvalue weighted by molar-refractivity contribution is 0.459. The topological polar surface area (TPSA) is 77.5 Å². The summed E-state index contributed by atoms with van der Waals surface area (Å²) < 4.78 is 59.9. The largest absolute Gasteiger partial charge is 0.312 e. The van der Waals surface area contributed by atoms with Crippen LogP contribution in [0.1, 0.15) is 152 Å². The van der Waals surface area contributed by atoms with Crippen molar-refractivity contribution in [1.82, 2.24) is 0 Å². The molecule has 0 fully saturated rings. The van der Waals surface area contributed by atoms with Crippen LogP contribution >= 0.6 is 0 Å². The highest BCUT2D eigenvalue weighted by atomic mass is 32.3. The third-order valence-corrected chi connectivity index (χ3v) is 10.1. The Kier molecular flexibility index (Phi) is 9.87. The van der Waals surface area contributed by atoms with E-state index >= 15 is 0 Å². The Labute approximate surface area is 226 Å². The van der Waals surface area contributed by atoms with Gasteiger partial charge < -0.3 is 0 Å². The van der Waals surface area contributed by atoms with E-state index in [1.165, 1.54) is 12.1 Å².